The van der Waals surface area contributed by atoms with E-state index in [1.54, 1.807) is 24.3 Å². The van der Waals surface area contributed by atoms with Crippen molar-refractivity contribution < 1.29 is 23.9 Å². The van der Waals surface area contributed by atoms with Crippen LogP contribution in [0.5, 0.6) is 0 Å². The van der Waals surface area contributed by atoms with E-state index in [9.17, 15) is 19.2 Å². The minimum Gasteiger partial charge on any atom is -0.451 e. The zero-order chi connectivity index (χ0) is 17.7. The number of carbonyl (C=O) groups is 4. The third-order valence-corrected chi connectivity index (χ3v) is 3.73. The molecule has 1 fully saturated rings. The molecule has 1 aromatic rings. The Labute approximate surface area is 140 Å². The Morgan fingerprint density at radius 3 is 2.62 bits per heavy atom. The molecule has 1 aliphatic heterocycles. The largest absolute Gasteiger partial charge is 0.451 e. The number of hydrogen-bond donors (Lipinski definition) is 1. The van der Waals surface area contributed by atoms with Crippen LogP contribution in [0.2, 0.25) is 0 Å². The van der Waals surface area contributed by atoms with Crippen LogP contribution >= 0.6 is 0 Å². The predicted molar refractivity (Wildman–Crippen MR) is 86.4 cm³/mol. The second-order valence-corrected chi connectivity index (χ2v) is 5.64. The molecule has 1 saturated heterocycles. The summed E-state index contributed by atoms with van der Waals surface area (Å²) in [5.74, 6) is -1.43. The van der Waals surface area contributed by atoms with Gasteiger partial charge in [0, 0.05) is 18.5 Å². The standard InChI is InChI=1S/C17H20N2O5/c1-11(20)13-6-3-4-7-14(13)18-17(23)12(2)24-16(22)10-19-9-5-8-15(19)21/h3-4,6-7,12H,5,8-10H2,1-2H3,(H,18,23)/t12-/m0/s1. The number of anilines is 1. The highest BCUT2D eigenvalue weighted by molar-refractivity contribution is 6.04. The van der Waals surface area contributed by atoms with E-state index in [-0.39, 0.29) is 18.2 Å². The maximum absolute atomic E-state index is 12.1. The van der Waals surface area contributed by atoms with Gasteiger partial charge in [-0.25, -0.2) is 0 Å². The van der Waals surface area contributed by atoms with Gasteiger partial charge in [0.2, 0.25) is 5.91 Å². The van der Waals surface area contributed by atoms with E-state index in [4.69, 9.17) is 4.74 Å². The van der Waals surface area contributed by atoms with Crippen molar-refractivity contribution in [2.24, 2.45) is 0 Å². The zero-order valence-electron chi connectivity index (χ0n) is 13.7. The summed E-state index contributed by atoms with van der Waals surface area (Å²) in [7, 11) is 0. The third-order valence-electron chi connectivity index (χ3n) is 3.73. The van der Waals surface area contributed by atoms with Crippen LogP contribution in [-0.2, 0) is 19.1 Å². The van der Waals surface area contributed by atoms with Gasteiger partial charge < -0.3 is 15.0 Å². The fourth-order valence-corrected chi connectivity index (χ4v) is 2.45. The van der Waals surface area contributed by atoms with Gasteiger partial charge in [-0.2, -0.15) is 0 Å². The Hall–Kier alpha value is -2.70. The molecule has 0 aromatic heterocycles. The van der Waals surface area contributed by atoms with Crippen LogP contribution in [0.1, 0.15) is 37.0 Å². The van der Waals surface area contributed by atoms with E-state index in [2.05, 4.69) is 5.32 Å². The van der Waals surface area contributed by atoms with Crippen LogP contribution in [0.4, 0.5) is 5.69 Å². The summed E-state index contributed by atoms with van der Waals surface area (Å²) in [6.45, 7) is 3.22. The van der Waals surface area contributed by atoms with E-state index in [0.29, 0.717) is 24.2 Å². The number of para-hydroxylation sites is 1. The molecule has 0 spiro atoms. The summed E-state index contributed by atoms with van der Waals surface area (Å²) < 4.78 is 5.07. The molecule has 7 heteroatoms. The lowest BCUT2D eigenvalue weighted by atomic mass is 10.1. The Bertz CT molecular complexity index is 671. The highest BCUT2D eigenvalue weighted by Crippen LogP contribution is 2.16. The fourth-order valence-electron chi connectivity index (χ4n) is 2.45. The molecule has 0 saturated carbocycles. The minimum atomic E-state index is -1.03. The third kappa shape index (κ3) is 4.41. The molecule has 1 aromatic carbocycles. The van der Waals surface area contributed by atoms with Gasteiger partial charge in [-0.1, -0.05) is 12.1 Å². The van der Waals surface area contributed by atoms with Crippen molar-refractivity contribution in [1.82, 2.24) is 4.90 Å². The number of hydrogen-bond acceptors (Lipinski definition) is 5. The van der Waals surface area contributed by atoms with Crippen LogP contribution in [0.15, 0.2) is 24.3 Å². The number of esters is 1. The summed E-state index contributed by atoms with van der Waals surface area (Å²) in [6.07, 6.45) is 0.130. The van der Waals surface area contributed by atoms with Gasteiger partial charge in [0.25, 0.3) is 5.91 Å². The van der Waals surface area contributed by atoms with Gasteiger partial charge in [0.1, 0.15) is 6.54 Å². The topological polar surface area (TPSA) is 92.8 Å². The molecule has 128 valence electrons. The van der Waals surface area contributed by atoms with Crippen molar-refractivity contribution in [3.05, 3.63) is 29.8 Å². The number of amides is 2. The van der Waals surface area contributed by atoms with E-state index in [1.165, 1.54) is 18.7 Å². The number of benzene rings is 1. The summed E-state index contributed by atoms with van der Waals surface area (Å²) in [4.78, 5) is 48.4. The first-order valence-corrected chi connectivity index (χ1v) is 7.76. The molecule has 1 heterocycles. The normalized spacial score (nSPS) is 15.1. The van der Waals surface area contributed by atoms with Crippen LogP contribution in [0, 0.1) is 0 Å². The smallest absolute Gasteiger partial charge is 0.326 e. The summed E-state index contributed by atoms with van der Waals surface area (Å²) in [6, 6.07) is 6.60. The number of carbonyl (C=O) groups excluding carboxylic acids is 4. The first-order chi connectivity index (χ1) is 11.4. The van der Waals surface area contributed by atoms with Crippen molar-refractivity contribution in [2.45, 2.75) is 32.8 Å². The lowest BCUT2D eigenvalue weighted by Crippen LogP contribution is -2.36. The Kier molecular flexibility index (Phi) is 5.68. The summed E-state index contributed by atoms with van der Waals surface area (Å²) in [5.41, 5.74) is 0.750. The minimum absolute atomic E-state index is 0.0839. The molecule has 1 N–H and O–H groups in total. The molecule has 0 aliphatic carbocycles. The van der Waals surface area contributed by atoms with Crippen LogP contribution in [-0.4, -0.2) is 47.7 Å². The molecular formula is C17H20N2O5. The summed E-state index contributed by atoms with van der Waals surface area (Å²) in [5, 5.41) is 2.58. The van der Waals surface area contributed by atoms with Crippen molar-refractivity contribution in [1.29, 1.82) is 0 Å². The van der Waals surface area contributed by atoms with Gasteiger partial charge in [0.15, 0.2) is 11.9 Å². The van der Waals surface area contributed by atoms with Gasteiger partial charge in [-0.3, -0.25) is 19.2 Å². The maximum Gasteiger partial charge on any atom is 0.326 e. The van der Waals surface area contributed by atoms with Crippen LogP contribution in [0.25, 0.3) is 0 Å². The van der Waals surface area contributed by atoms with E-state index in [0.717, 1.165) is 6.42 Å². The van der Waals surface area contributed by atoms with E-state index >= 15 is 0 Å². The zero-order valence-corrected chi connectivity index (χ0v) is 13.7. The number of nitrogens with one attached hydrogen (secondary N) is 1. The Balaban J connectivity index is 1.91. The monoisotopic (exact) mass is 332 g/mol. The molecular weight excluding hydrogens is 312 g/mol. The summed E-state index contributed by atoms with van der Waals surface area (Å²) >= 11 is 0. The lowest BCUT2D eigenvalue weighted by Gasteiger charge is -2.18. The molecule has 0 radical (unpaired) electrons. The average molecular weight is 332 g/mol. The number of ether oxygens (including phenoxy) is 1. The first kappa shape index (κ1) is 17.7. The number of nitrogens with zero attached hydrogens (tertiary/aromatic N) is 1. The lowest BCUT2D eigenvalue weighted by molar-refractivity contribution is -0.155. The average Bonchev–Trinajstić information content (AvgIpc) is 2.92. The molecule has 2 rings (SSSR count). The van der Waals surface area contributed by atoms with Crippen LogP contribution in [0.3, 0.4) is 0 Å². The first-order valence-electron chi connectivity index (χ1n) is 7.76. The number of likely N-dealkylation sites (tertiary alicyclic amines) is 1. The highest BCUT2D eigenvalue weighted by atomic mass is 16.5. The molecule has 0 unspecified atom stereocenters. The molecule has 1 atom stereocenters. The van der Waals surface area contributed by atoms with E-state index < -0.39 is 18.0 Å². The predicted octanol–water partition coefficient (Wildman–Crippen LogP) is 1.38. The van der Waals surface area contributed by atoms with Crippen molar-refractivity contribution in [2.75, 3.05) is 18.4 Å². The molecule has 7 nitrogen and oxygen atoms in total. The SMILES string of the molecule is CC(=O)c1ccccc1NC(=O)[C@H](C)OC(=O)CN1CCCC1=O. The van der Waals surface area contributed by atoms with Crippen molar-refractivity contribution in [3.8, 4) is 0 Å². The highest BCUT2D eigenvalue weighted by Gasteiger charge is 2.25. The molecule has 1 aliphatic rings. The molecule has 24 heavy (non-hydrogen) atoms. The van der Waals surface area contributed by atoms with Crippen molar-refractivity contribution in [3.63, 3.8) is 0 Å². The second kappa shape index (κ2) is 7.72. The molecule has 2 amide bonds. The van der Waals surface area contributed by atoms with Crippen LogP contribution < -0.4 is 5.32 Å². The Morgan fingerprint density at radius 1 is 1.29 bits per heavy atom. The fraction of sp³-hybridized carbons (Fsp3) is 0.412. The maximum atomic E-state index is 12.1. The number of Topliss-reactive ketones (excluding diaryl/α,β-unsaturated/α-hetero) is 1. The quantitative estimate of drug-likeness (QED) is 0.627. The number of rotatable bonds is 6. The van der Waals surface area contributed by atoms with Gasteiger partial charge in [-0.15, -0.1) is 0 Å². The van der Waals surface area contributed by atoms with Crippen molar-refractivity contribution >= 4 is 29.3 Å². The van der Waals surface area contributed by atoms with Gasteiger partial charge in [-0.05, 0) is 32.4 Å². The van der Waals surface area contributed by atoms with Gasteiger partial charge in [0.05, 0.1) is 5.69 Å². The van der Waals surface area contributed by atoms with Gasteiger partial charge >= 0.3 is 5.97 Å². The second-order valence-electron chi connectivity index (χ2n) is 5.64. The number of ketones is 1. The Morgan fingerprint density at radius 2 is 2.00 bits per heavy atom. The molecule has 0 bridgehead atoms. The van der Waals surface area contributed by atoms with E-state index in [1.807, 2.05) is 0 Å².